The van der Waals surface area contributed by atoms with Crippen molar-refractivity contribution in [2.75, 3.05) is 26.4 Å². The standard InChI is InChI=1S/C12H21N3O3/c1-3-13-9(2)4-5-11-14-12(15-18-11)10-8-16-6-7-17-10/h9-10,13H,3-8H2,1-2H3. The number of aryl methyl sites for hydroxylation is 1. The van der Waals surface area contributed by atoms with Gasteiger partial charge in [0.05, 0.1) is 19.8 Å². The number of nitrogens with zero attached hydrogens (tertiary/aromatic N) is 2. The molecule has 2 atom stereocenters. The van der Waals surface area contributed by atoms with E-state index in [0.29, 0.717) is 37.6 Å². The molecule has 0 aliphatic carbocycles. The normalized spacial score (nSPS) is 22.0. The number of aromatic nitrogens is 2. The molecule has 0 bridgehead atoms. The monoisotopic (exact) mass is 255 g/mol. The third-order valence-electron chi connectivity index (χ3n) is 2.93. The Morgan fingerprint density at radius 3 is 3.06 bits per heavy atom. The molecule has 0 aromatic carbocycles. The van der Waals surface area contributed by atoms with Crippen LogP contribution in [0, 0.1) is 0 Å². The summed E-state index contributed by atoms with van der Waals surface area (Å²) in [7, 11) is 0. The summed E-state index contributed by atoms with van der Waals surface area (Å²) in [6.07, 6.45) is 1.59. The van der Waals surface area contributed by atoms with Gasteiger partial charge in [0.25, 0.3) is 0 Å². The van der Waals surface area contributed by atoms with Crippen LogP contribution < -0.4 is 5.32 Å². The minimum absolute atomic E-state index is 0.178. The fourth-order valence-corrected chi connectivity index (χ4v) is 1.93. The van der Waals surface area contributed by atoms with Gasteiger partial charge in [0, 0.05) is 12.5 Å². The first-order chi connectivity index (χ1) is 8.79. The van der Waals surface area contributed by atoms with Crippen LogP contribution >= 0.6 is 0 Å². The molecule has 1 aromatic rings. The van der Waals surface area contributed by atoms with E-state index in [-0.39, 0.29) is 6.10 Å². The van der Waals surface area contributed by atoms with Crippen molar-refractivity contribution >= 4 is 0 Å². The summed E-state index contributed by atoms with van der Waals surface area (Å²) in [6, 6.07) is 0.458. The Labute approximate surface area is 107 Å². The molecule has 0 radical (unpaired) electrons. The summed E-state index contributed by atoms with van der Waals surface area (Å²) in [4.78, 5) is 4.36. The van der Waals surface area contributed by atoms with E-state index >= 15 is 0 Å². The minimum atomic E-state index is -0.178. The zero-order valence-electron chi connectivity index (χ0n) is 11.0. The van der Waals surface area contributed by atoms with Gasteiger partial charge in [-0.15, -0.1) is 0 Å². The summed E-state index contributed by atoms with van der Waals surface area (Å²) in [6.45, 7) is 6.96. The third-order valence-corrected chi connectivity index (χ3v) is 2.93. The van der Waals surface area contributed by atoms with E-state index in [1.807, 2.05) is 0 Å². The molecule has 6 nitrogen and oxygen atoms in total. The highest BCUT2D eigenvalue weighted by molar-refractivity contribution is 4.92. The molecule has 1 aliphatic heterocycles. The lowest BCUT2D eigenvalue weighted by Crippen LogP contribution is -2.26. The number of nitrogens with one attached hydrogen (secondary N) is 1. The Bertz CT molecular complexity index is 350. The molecule has 18 heavy (non-hydrogen) atoms. The van der Waals surface area contributed by atoms with Gasteiger partial charge in [0.15, 0.2) is 0 Å². The van der Waals surface area contributed by atoms with Crippen LogP contribution in [0.5, 0.6) is 0 Å². The molecular formula is C12H21N3O3. The smallest absolute Gasteiger partial charge is 0.226 e. The summed E-state index contributed by atoms with van der Waals surface area (Å²) < 4.78 is 16.1. The second-order valence-corrected chi connectivity index (χ2v) is 4.48. The van der Waals surface area contributed by atoms with E-state index < -0.39 is 0 Å². The predicted molar refractivity (Wildman–Crippen MR) is 65.3 cm³/mol. The number of ether oxygens (including phenoxy) is 2. The zero-order chi connectivity index (χ0) is 12.8. The van der Waals surface area contributed by atoms with Crippen LogP contribution in [0.3, 0.4) is 0 Å². The minimum Gasteiger partial charge on any atom is -0.376 e. The molecule has 1 aromatic heterocycles. The molecule has 2 rings (SSSR count). The lowest BCUT2D eigenvalue weighted by Gasteiger charge is -2.19. The molecule has 1 fully saturated rings. The quantitative estimate of drug-likeness (QED) is 0.820. The van der Waals surface area contributed by atoms with Gasteiger partial charge in [-0.25, -0.2) is 0 Å². The number of hydrogen-bond donors (Lipinski definition) is 1. The Morgan fingerprint density at radius 2 is 2.33 bits per heavy atom. The molecular weight excluding hydrogens is 234 g/mol. The molecule has 1 aliphatic rings. The molecule has 2 unspecified atom stereocenters. The molecule has 6 heteroatoms. The third kappa shape index (κ3) is 3.76. The van der Waals surface area contributed by atoms with Crippen molar-refractivity contribution < 1.29 is 14.0 Å². The van der Waals surface area contributed by atoms with Crippen LogP contribution in [0.4, 0.5) is 0 Å². The molecule has 2 heterocycles. The van der Waals surface area contributed by atoms with Crippen LogP contribution in [0.25, 0.3) is 0 Å². The fourth-order valence-electron chi connectivity index (χ4n) is 1.93. The second kappa shape index (κ2) is 6.82. The van der Waals surface area contributed by atoms with Crippen LogP contribution in [0.1, 0.15) is 38.1 Å². The molecule has 0 spiro atoms. The Hall–Kier alpha value is -0.980. The Balaban J connectivity index is 1.82. The molecule has 1 N–H and O–H groups in total. The maximum Gasteiger partial charge on any atom is 0.226 e. The van der Waals surface area contributed by atoms with Crippen molar-refractivity contribution in [3.05, 3.63) is 11.7 Å². The first-order valence-corrected chi connectivity index (χ1v) is 6.54. The van der Waals surface area contributed by atoms with Gasteiger partial charge in [0.2, 0.25) is 11.7 Å². The molecule has 0 amide bonds. The largest absolute Gasteiger partial charge is 0.376 e. The van der Waals surface area contributed by atoms with Crippen molar-refractivity contribution in [3.8, 4) is 0 Å². The SMILES string of the molecule is CCNC(C)CCc1nc(C2COCCO2)no1. The van der Waals surface area contributed by atoms with E-state index in [1.165, 1.54) is 0 Å². The van der Waals surface area contributed by atoms with E-state index in [1.54, 1.807) is 0 Å². The first-order valence-electron chi connectivity index (χ1n) is 6.54. The maximum absolute atomic E-state index is 5.52. The van der Waals surface area contributed by atoms with Crippen molar-refractivity contribution in [2.45, 2.75) is 38.8 Å². The average molecular weight is 255 g/mol. The van der Waals surface area contributed by atoms with Crippen molar-refractivity contribution in [1.82, 2.24) is 15.5 Å². The van der Waals surface area contributed by atoms with Gasteiger partial charge in [-0.1, -0.05) is 12.1 Å². The highest BCUT2D eigenvalue weighted by Crippen LogP contribution is 2.18. The van der Waals surface area contributed by atoms with E-state index in [4.69, 9.17) is 14.0 Å². The van der Waals surface area contributed by atoms with Crippen molar-refractivity contribution in [3.63, 3.8) is 0 Å². The Morgan fingerprint density at radius 1 is 1.44 bits per heavy atom. The highest BCUT2D eigenvalue weighted by atomic mass is 16.6. The lowest BCUT2D eigenvalue weighted by molar-refractivity contribution is -0.0941. The van der Waals surface area contributed by atoms with Gasteiger partial charge >= 0.3 is 0 Å². The van der Waals surface area contributed by atoms with Crippen LogP contribution in [-0.4, -0.2) is 42.5 Å². The number of rotatable bonds is 6. The second-order valence-electron chi connectivity index (χ2n) is 4.48. The van der Waals surface area contributed by atoms with Gasteiger partial charge in [-0.05, 0) is 19.9 Å². The predicted octanol–water partition coefficient (Wildman–Crippen LogP) is 1.09. The summed E-state index contributed by atoms with van der Waals surface area (Å²) in [5.41, 5.74) is 0. The fraction of sp³-hybridized carbons (Fsp3) is 0.833. The van der Waals surface area contributed by atoms with Crippen LogP contribution in [-0.2, 0) is 15.9 Å². The average Bonchev–Trinajstić information content (AvgIpc) is 2.87. The summed E-state index contributed by atoms with van der Waals surface area (Å²) in [5, 5.41) is 7.30. The van der Waals surface area contributed by atoms with Crippen LogP contribution in [0.2, 0.25) is 0 Å². The van der Waals surface area contributed by atoms with E-state index in [0.717, 1.165) is 19.4 Å². The summed E-state index contributed by atoms with van der Waals surface area (Å²) >= 11 is 0. The van der Waals surface area contributed by atoms with Crippen LogP contribution in [0.15, 0.2) is 4.52 Å². The van der Waals surface area contributed by atoms with Gasteiger partial charge in [-0.2, -0.15) is 4.98 Å². The summed E-state index contributed by atoms with van der Waals surface area (Å²) in [5.74, 6) is 1.27. The van der Waals surface area contributed by atoms with E-state index in [2.05, 4.69) is 29.3 Å². The van der Waals surface area contributed by atoms with E-state index in [9.17, 15) is 0 Å². The Kier molecular flexibility index (Phi) is 5.10. The van der Waals surface area contributed by atoms with Gasteiger partial charge in [0.1, 0.15) is 6.10 Å². The van der Waals surface area contributed by atoms with Crippen molar-refractivity contribution in [1.29, 1.82) is 0 Å². The highest BCUT2D eigenvalue weighted by Gasteiger charge is 2.22. The molecule has 102 valence electrons. The van der Waals surface area contributed by atoms with Crippen molar-refractivity contribution in [2.24, 2.45) is 0 Å². The molecule has 1 saturated heterocycles. The maximum atomic E-state index is 5.52. The first kappa shape index (κ1) is 13.5. The topological polar surface area (TPSA) is 69.4 Å². The molecule has 0 saturated carbocycles. The van der Waals surface area contributed by atoms with Gasteiger partial charge < -0.3 is 19.3 Å². The zero-order valence-corrected chi connectivity index (χ0v) is 11.0. The lowest BCUT2D eigenvalue weighted by atomic mass is 10.2. The number of hydrogen-bond acceptors (Lipinski definition) is 6. The van der Waals surface area contributed by atoms with Gasteiger partial charge in [-0.3, -0.25) is 0 Å².